The van der Waals surface area contributed by atoms with Crippen molar-refractivity contribution in [3.63, 3.8) is 0 Å². The van der Waals surface area contributed by atoms with Crippen LogP contribution in [0.3, 0.4) is 0 Å². The number of rotatable bonds is 8. The van der Waals surface area contributed by atoms with E-state index in [1.807, 2.05) is 6.92 Å². The third-order valence-electron chi connectivity index (χ3n) is 6.54. The number of carbonyl (C=O) groups is 1. The van der Waals surface area contributed by atoms with Crippen LogP contribution in [-0.2, 0) is 10.0 Å². The number of hydrogen-bond donors (Lipinski definition) is 0. The van der Waals surface area contributed by atoms with E-state index in [1.54, 1.807) is 22.5 Å². The number of Topliss-reactive ketones (excluding diaryl/α,β-unsaturated/α-hetero) is 1. The van der Waals surface area contributed by atoms with Crippen molar-refractivity contribution in [1.29, 1.82) is 0 Å². The maximum absolute atomic E-state index is 14.0. The van der Waals surface area contributed by atoms with E-state index in [9.17, 15) is 17.6 Å². The summed E-state index contributed by atoms with van der Waals surface area (Å²) in [5.41, 5.74) is 0.105. The summed E-state index contributed by atoms with van der Waals surface area (Å²) in [6.07, 6.45) is 7.18. The van der Waals surface area contributed by atoms with Crippen LogP contribution in [-0.4, -0.2) is 60.9 Å². The van der Waals surface area contributed by atoms with Crippen LogP contribution in [0.4, 0.5) is 4.39 Å². The highest BCUT2D eigenvalue weighted by molar-refractivity contribution is 7.89. The van der Waals surface area contributed by atoms with Gasteiger partial charge < -0.3 is 0 Å². The molecular weight excluding hydrogens is 391 g/mol. The summed E-state index contributed by atoms with van der Waals surface area (Å²) in [5, 5.41) is 0. The van der Waals surface area contributed by atoms with Crippen molar-refractivity contribution in [2.45, 2.75) is 63.8 Å². The number of carbonyl (C=O) groups excluding carboxylic acids is 1. The van der Waals surface area contributed by atoms with Crippen molar-refractivity contribution in [3.05, 3.63) is 35.6 Å². The number of nitrogens with zero attached hydrogens (tertiary/aromatic N) is 2. The monoisotopic (exact) mass is 424 g/mol. The molecule has 0 bridgehead atoms. The Morgan fingerprint density at radius 2 is 1.72 bits per heavy atom. The molecule has 162 valence electrons. The third-order valence-corrected chi connectivity index (χ3v) is 8.62. The van der Waals surface area contributed by atoms with E-state index in [2.05, 4.69) is 4.90 Å². The van der Waals surface area contributed by atoms with Gasteiger partial charge >= 0.3 is 0 Å². The van der Waals surface area contributed by atoms with Crippen LogP contribution in [0.15, 0.2) is 24.3 Å². The summed E-state index contributed by atoms with van der Waals surface area (Å²) in [7, 11) is -3.16. The minimum Gasteiger partial charge on any atom is -0.295 e. The van der Waals surface area contributed by atoms with E-state index >= 15 is 0 Å². The molecule has 2 aliphatic rings. The zero-order chi connectivity index (χ0) is 20.9. The molecule has 0 N–H and O–H groups in total. The van der Waals surface area contributed by atoms with E-state index < -0.39 is 15.8 Å². The molecule has 29 heavy (non-hydrogen) atoms. The number of hydrogen-bond acceptors (Lipinski definition) is 4. The molecule has 0 atom stereocenters. The second-order valence-electron chi connectivity index (χ2n) is 8.39. The molecule has 3 rings (SSSR count). The maximum atomic E-state index is 14.0. The van der Waals surface area contributed by atoms with Crippen LogP contribution < -0.4 is 0 Å². The molecule has 1 aliphatic carbocycles. The van der Waals surface area contributed by atoms with Crippen LogP contribution >= 0.6 is 0 Å². The second-order valence-corrected chi connectivity index (χ2v) is 10.5. The van der Waals surface area contributed by atoms with Gasteiger partial charge in [0, 0.05) is 38.1 Å². The highest BCUT2D eigenvalue weighted by Crippen LogP contribution is 2.38. The van der Waals surface area contributed by atoms with Gasteiger partial charge in [0.1, 0.15) is 5.82 Å². The van der Waals surface area contributed by atoms with Crippen LogP contribution in [0.25, 0.3) is 0 Å². The molecule has 7 heteroatoms. The van der Waals surface area contributed by atoms with E-state index in [1.165, 1.54) is 12.5 Å². The molecule has 1 aliphatic heterocycles. The molecule has 5 nitrogen and oxygen atoms in total. The summed E-state index contributed by atoms with van der Waals surface area (Å²) in [4.78, 5) is 15.1. The lowest BCUT2D eigenvalue weighted by Gasteiger charge is -2.50. The standard InChI is InChI=1S/C22H33FN2O3S/c1-2-18-29(27,28)25-16-14-24(15-17-25)22(11-6-3-7-12-22)13-10-21(26)19-8-4-5-9-20(19)23/h4-5,8-9H,2-3,6-7,10-18H2,1H3. The summed E-state index contributed by atoms with van der Waals surface area (Å²) in [5.74, 6) is -0.392. The first-order valence-corrected chi connectivity index (χ1v) is 12.5. The highest BCUT2D eigenvalue weighted by atomic mass is 32.2. The average Bonchev–Trinajstić information content (AvgIpc) is 2.73. The van der Waals surface area contributed by atoms with E-state index in [4.69, 9.17) is 0 Å². The van der Waals surface area contributed by atoms with Gasteiger partial charge in [-0.25, -0.2) is 12.8 Å². The summed E-state index contributed by atoms with van der Waals surface area (Å²) < 4.78 is 40.4. The van der Waals surface area contributed by atoms with Gasteiger partial charge in [0.2, 0.25) is 10.0 Å². The van der Waals surface area contributed by atoms with E-state index in [0.29, 0.717) is 45.4 Å². The number of ketones is 1. The predicted octanol–water partition coefficient (Wildman–Crippen LogP) is 3.85. The molecule has 0 aromatic heterocycles. The van der Waals surface area contributed by atoms with Crippen molar-refractivity contribution >= 4 is 15.8 Å². The molecule has 0 unspecified atom stereocenters. The first-order chi connectivity index (χ1) is 13.9. The minimum atomic E-state index is -3.16. The largest absolute Gasteiger partial charge is 0.295 e. The first kappa shape index (κ1) is 22.4. The summed E-state index contributed by atoms with van der Waals surface area (Å²) in [6, 6.07) is 6.19. The van der Waals surface area contributed by atoms with Crippen LogP contribution in [0.2, 0.25) is 0 Å². The Bertz CT molecular complexity index is 798. The predicted molar refractivity (Wildman–Crippen MR) is 113 cm³/mol. The minimum absolute atomic E-state index is 0.0697. The molecule has 1 saturated heterocycles. The Morgan fingerprint density at radius 1 is 1.07 bits per heavy atom. The molecule has 1 saturated carbocycles. The molecular formula is C22H33FN2O3S. The van der Waals surface area contributed by atoms with Gasteiger partial charge in [0.25, 0.3) is 0 Å². The lowest BCUT2D eigenvalue weighted by molar-refractivity contribution is 0.0165. The van der Waals surface area contributed by atoms with Crippen molar-refractivity contribution in [1.82, 2.24) is 9.21 Å². The van der Waals surface area contributed by atoms with Crippen LogP contribution in [0, 0.1) is 5.82 Å². The van der Waals surface area contributed by atoms with Gasteiger partial charge in [-0.3, -0.25) is 9.69 Å². The highest BCUT2D eigenvalue weighted by Gasteiger charge is 2.40. The SMILES string of the molecule is CCCS(=O)(=O)N1CCN(C2(CCC(=O)c3ccccc3F)CCCCC2)CC1. The smallest absolute Gasteiger partial charge is 0.214 e. The van der Waals surface area contributed by atoms with Crippen molar-refractivity contribution in [2.24, 2.45) is 0 Å². The number of benzene rings is 1. The number of halogens is 1. The van der Waals surface area contributed by atoms with Gasteiger partial charge in [-0.05, 0) is 37.8 Å². The van der Waals surface area contributed by atoms with Crippen LogP contribution in [0.1, 0.15) is 68.6 Å². The van der Waals surface area contributed by atoms with Crippen molar-refractivity contribution < 1.29 is 17.6 Å². The van der Waals surface area contributed by atoms with E-state index in [-0.39, 0.29) is 22.6 Å². The lowest BCUT2D eigenvalue weighted by atomic mass is 9.76. The fourth-order valence-electron chi connectivity index (χ4n) is 4.93. The molecule has 2 fully saturated rings. The Morgan fingerprint density at radius 3 is 2.34 bits per heavy atom. The second kappa shape index (κ2) is 9.67. The fourth-order valence-corrected chi connectivity index (χ4v) is 6.42. The maximum Gasteiger partial charge on any atom is 0.214 e. The van der Waals surface area contributed by atoms with Gasteiger partial charge in [-0.15, -0.1) is 0 Å². The number of sulfonamides is 1. The van der Waals surface area contributed by atoms with Crippen molar-refractivity contribution in [2.75, 3.05) is 31.9 Å². The van der Waals surface area contributed by atoms with Gasteiger partial charge in [0.05, 0.1) is 11.3 Å². The van der Waals surface area contributed by atoms with Crippen LogP contribution in [0.5, 0.6) is 0 Å². The Kier molecular flexibility index (Phi) is 7.46. The zero-order valence-electron chi connectivity index (χ0n) is 17.4. The van der Waals surface area contributed by atoms with Crippen molar-refractivity contribution in [3.8, 4) is 0 Å². The zero-order valence-corrected chi connectivity index (χ0v) is 18.2. The fraction of sp³-hybridized carbons (Fsp3) is 0.682. The third kappa shape index (κ3) is 5.25. The molecule has 1 aromatic carbocycles. The quantitative estimate of drug-likeness (QED) is 0.595. The Balaban J connectivity index is 1.66. The normalized spacial score (nSPS) is 21.2. The van der Waals surface area contributed by atoms with Gasteiger partial charge in [0.15, 0.2) is 5.78 Å². The molecule has 0 spiro atoms. The molecule has 0 amide bonds. The Hall–Kier alpha value is -1.31. The first-order valence-electron chi connectivity index (χ1n) is 10.9. The van der Waals surface area contributed by atoms with Gasteiger partial charge in [-0.1, -0.05) is 38.3 Å². The summed E-state index contributed by atoms with van der Waals surface area (Å²) >= 11 is 0. The molecule has 1 aromatic rings. The molecule has 0 radical (unpaired) electrons. The molecule has 1 heterocycles. The van der Waals surface area contributed by atoms with E-state index in [0.717, 1.165) is 25.7 Å². The number of piperazine rings is 1. The lowest BCUT2D eigenvalue weighted by Crippen LogP contribution is -2.58. The topological polar surface area (TPSA) is 57.7 Å². The average molecular weight is 425 g/mol. The van der Waals surface area contributed by atoms with Gasteiger partial charge in [-0.2, -0.15) is 4.31 Å². The summed E-state index contributed by atoms with van der Waals surface area (Å²) in [6.45, 7) is 4.34. The Labute approximate surface area is 174 Å².